The van der Waals surface area contributed by atoms with Crippen LogP contribution in [0.3, 0.4) is 0 Å². The van der Waals surface area contributed by atoms with Gasteiger partial charge in [-0.2, -0.15) is 0 Å². The van der Waals surface area contributed by atoms with Crippen LogP contribution in [0.5, 0.6) is 0 Å². The molecule has 1 aliphatic carbocycles. The van der Waals surface area contributed by atoms with Crippen LogP contribution in [0, 0.1) is 0 Å². The molecule has 0 aliphatic heterocycles. The average molecular weight is 240 g/mol. The molecular weight excluding hydrogens is 224 g/mol. The molecule has 1 aromatic rings. The van der Waals surface area contributed by atoms with Crippen LogP contribution in [0.2, 0.25) is 0 Å². The fraction of sp³-hybridized carbons (Fsp3) is 0.700. The molecule has 1 aliphatic rings. The van der Waals surface area contributed by atoms with Gasteiger partial charge in [0, 0.05) is 7.11 Å². The minimum absolute atomic E-state index is 0.248. The molecule has 0 amide bonds. The molecular formula is C10H16N4OS. The second-order valence-corrected chi connectivity index (χ2v) is 4.53. The molecule has 0 saturated heterocycles. The molecule has 2 rings (SSSR count). The first-order chi connectivity index (χ1) is 7.70. The van der Waals surface area contributed by atoms with E-state index in [1.54, 1.807) is 13.4 Å². The molecule has 0 bridgehead atoms. The number of nitrogens with zero attached hydrogens (tertiary/aromatic N) is 3. The highest BCUT2D eigenvalue weighted by Gasteiger charge is 2.24. The summed E-state index contributed by atoms with van der Waals surface area (Å²) in [5.41, 5.74) is 5.48. The first-order valence-corrected chi connectivity index (χ1v) is 5.85. The van der Waals surface area contributed by atoms with Crippen LogP contribution in [0.1, 0.15) is 37.5 Å². The van der Waals surface area contributed by atoms with E-state index in [0.29, 0.717) is 18.0 Å². The lowest BCUT2D eigenvalue weighted by Crippen LogP contribution is -2.24. The van der Waals surface area contributed by atoms with Crippen molar-refractivity contribution >= 4 is 17.2 Å². The standard InChI is InChI=1S/C10H16N4OS/c1-15-8-4-2-3-7(5-8)14-6-12-10(13-14)9(11)16/h6-8H,2-5H2,1H3,(H2,11,16). The smallest absolute Gasteiger partial charge is 0.208 e. The third kappa shape index (κ3) is 2.38. The largest absolute Gasteiger partial charge is 0.387 e. The quantitative estimate of drug-likeness (QED) is 0.800. The predicted molar refractivity (Wildman–Crippen MR) is 64.2 cm³/mol. The summed E-state index contributed by atoms with van der Waals surface area (Å²) in [5, 5.41) is 4.29. The lowest BCUT2D eigenvalue weighted by atomic mass is 9.93. The molecule has 5 nitrogen and oxygen atoms in total. The zero-order chi connectivity index (χ0) is 11.5. The van der Waals surface area contributed by atoms with E-state index in [0.717, 1.165) is 25.7 Å². The highest BCUT2D eigenvalue weighted by Crippen LogP contribution is 2.29. The van der Waals surface area contributed by atoms with E-state index in [1.165, 1.54) is 0 Å². The molecule has 1 aromatic heterocycles. The Morgan fingerprint density at radius 1 is 1.62 bits per heavy atom. The molecule has 0 spiro atoms. The van der Waals surface area contributed by atoms with Gasteiger partial charge in [0.25, 0.3) is 0 Å². The van der Waals surface area contributed by atoms with Crippen molar-refractivity contribution in [3.8, 4) is 0 Å². The Kier molecular flexibility index (Phi) is 3.50. The van der Waals surface area contributed by atoms with Crippen LogP contribution in [0.4, 0.5) is 0 Å². The summed E-state index contributed by atoms with van der Waals surface area (Å²) in [7, 11) is 1.76. The monoisotopic (exact) mass is 240 g/mol. The van der Waals surface area contributed by atoms with Gasteiger partial charge < -0.3 is 10.5 Å². The summed E-state index contributed by atoms with van der Waals surface area (Å²) < 4.78 is 7.25. The maximum atomic E-state index is 5.48. The zero-order valence-corrected chi connectivity index (χ0v) is 10.1. The van der Waals surface area contributed by atoms with Crippen LogP contribution in [0.25, 0.3) is 0 Å². The minimum Gasteiger partial charge on any atom is -0.387 e. The molecule has 88 valence electrons. The van der Waals surface area contributed by atoms with Gasteiger partial charge in [-0.05, 0) is 25.7 Å². The second-order valence-electron chi connectivity index (χ2n) is 4.09. The third-order valence-corrected chi connectivity index (χ3v) is 3.22. The zero-order valence-electron chi connectivity index (χ0n) is 9.30. The fourth-order valence-corrected chi connectivity index (χ4v) is 2.23. The Morgan fingerprint density at radius 3 is 3.06 bits per heavy atom. The van der Waals surface area contributed by atoms with Crippen LogP contribution < -0.4 is 5.73 Å². The van der Waals surface area contributed by atoms with Crippen molar-refractivity contribution in [1.29, 1.82) is 0 Å². The number of thiocarbonyl (C=S) groups is 1. The highest BCUT2D eigenvalue weighted by atomic mass is 32.1. The SMILES string of the molecule is COC1CCCC(n2cnc(C(N)=S)n2)C1. The van der Waals surface area contributed by atoms with Gasteiger partial charge in [-0.3, -0.25) is 0 Å². The summed E-state index contributed by atoms with van der Waals surface area (Å²) in [4.78, 5) is 4.33. The normalized spacial score (nSPS) is 25.6. The van der Waals surface area contributed by atoms with Gasteiger partial charge in [0.1, 0.15) is 11.3 Å². The van der Waals surface area contributed by atoms with Crippen molar-refractivity contribution in [2.45, 2.75) is 37.8 Å². The second kappa shape index (κ2) is 4.88. The van der Waals surface area contributed by atoms with Crippen molar-refractivity contribution in [3.63, 3.8) is 0 Å². The van der Waals surface area contributed by atoms with Crippen molar-refractivity contribution in [1.82, 2.24) is 14.8 Å². The molecule has 2 N–H and O–H groups in total. The van der Waals surface area contributed by atoms with Crippen molar-refractivity contribution in [3.05, 3.63) is 12.2 Å². The summed E-state index contributed by atoms with van der Waals surface area (Å²) in [5.74, 6) is 0.453. The van der Waals surface area contributed by atoms with Gasteiger partial charge in [0.05, 0.1) is 12.1 Å². The molecule has 0 radical (unpaired) electrons. The molecule has 1 heterocycles. The van der Waals surface area contributed by atoms with E-state index < -0.39 is 0 Å². The fourth-order valence-electron chi connectivity index (χ4n) is 2.14. The molecule has 0 aromatic carbocycles. The Labute approximate surface area is 100.0 Å². The summed E-state index contributed by atoms with van der Waals surface area (Å²) >= 11 is 4.84. The van der Waals surface area contributed by atoms with Gasteiger partial charge in [-0.15, -0.1) is 5.10 Å². The van der Waals surface area contributed by atoms with Gasteiger partial charge >= 0.3 is 0 Å². The maximum absolute atomic E-state index is 5.48. The van der Waals surface area contributed by atoms with Crippen LogP contribution in [0.15, 0.2) is 6.33 Å². The van der Waals surface area contributed by atoms with E-state index in [4.69, 9.17) is 22.7 Å². The first kappa shape index (κ1) is 11.5. The number of hydrogen-bond donors (Lipinski definition) is 1. The lowest BCUT2D eigenvalue weighted by molar-refractivity contribution is 0.0507. The summed E-state index contributed by atoms with van der Waals surface area (Å²) in [6.07, 6.45) is 6.42. The van der Waals surface area contributed by atoms with Crippen LogP contribution in [-0.2, 0) is 4.74 Å². The number of methoxy groups -OCH3 is 1. The summed E-state index contributed by atoms with van der Waals surface area (Å²) in [6, 6.07) is 0.356. The van der Waals surface area contributed by atoms with E-state index in [9.17, 15) is 0 Å². The minimum atomic E-state index is 0.248. The Morgan fingerprint density at radius 2 is 2.44 bits per heavy atom. The van der Waals surface area contributed by atoms with Gasteiger partial charge in [-0.1, -0.05) is 12.2 Å². The Hall–Kier alpha value is -1.01. The number of nitrogens with two attached hydrogens (primary N) is 1. The Bertz CT molecular complexity index is 379. The number of aromatic nitrogens is 3. The topological polar surface area (TPSA) is 66.0 Å². The van der Waals surface area contributed by atoms with Gasteiger partial charge in [0.2, 0.25) is 5.82 Å². The van der Waals surface area contributed by atoms with Crippen molar-refractivity contribution in [2.75, 3.05) is 7.11 Å². The van der Waals surface area contributed by atoms with E-state index in [-0.39, 0.29) is 4.99 Å². The Balaban J connectivity index is 2.08. The van der Waals surface area contributed by atoms with Gasteiger partial charge in [-0.25, -0.2) is 9.67 Å². The molecule has 16 heavy (non-hydrogen) atoms. The molecule has 2 atom stereocenters. The van der Waals surface area contributed by atoms with Crippen molar-refractivity contribution in [2.24, 2.45) is 5.73 Å². The maximum Gasteiger partial charge on any atom is 0.208 e. The first-order valence-electron chi connectivity index (χ1n) is 5.44. The number of hydrogen-bond acceptors (Lipinski definition) is 4. The molecule has 6 heteroatoms. The van der Waals surface area contributed by atoms with E-state index in [2.05, 4.69) is 10.1 Å². The lowest BCUT2D eigenvalue weighted by Gasteiger charge is -2.27. The van der Waals surface area contributed by atoms with Crippen LogP contribution >= 0.6 is 12.2 Å². The van der Waals surface area contributed by atoms with E-state index in [1.807, 2.05) is 4.68 Å². The summed E-state index contributed by atoms with van der Waals surface area (Å²) in [6.45, 7) is 0. The van der Waals surface area contributed by atoms with Crippen molar-refractivity contribution < 1.29 is 4.74 Å². The molecule has 1 saturated carbocycles. The number of ether oxygens (including phenoxy) is 1. The molecule has 2 unspecified atom stereocenters. The van der Waals surface area contributed by atoms with Gasteiger partial charge in [0.15, 0.2) is 0 Å². The average Bonchev–Trinajstić information content (AvgIpc) is 2.78. The molecule has 1 fully saturated rings. The van der Waals surface area contributed by atoms with E-state index >= 15 is 0 Å². The third-order valence-electron chi connectivity index (χ3n) is 3.03. The predicted octanol–water partition coefficient (Wildman–Crippen LogP) is 1.04. The van der Waals surface area contributed by atoms with Crippen LogP contribution in [-0.4, -0.2) is 33.0 Å². The number of rotatable bonds is 3. The highest BCUT2D eigenvalue weighted by molar-refractivity contribution is 7.80.